The second-order valence-corrected chi connectivity index (χ2v) is 4.85. The summed E-state index contributed by atoms with van der Waals surface area (Å²) in [5, 5.41) is 7.78. The van der Waals surface area contributed by atoms with Gasteiger partial charge in [0.25, 0.3) is 0 Å². The maximum absolute atomic E-state index is 5.99. The third-order valence-corrected chi connectivity index (χ3v) is 3.22. The molecule has 0 saturated carbocycles. The van der Waals surface area contributed by atoms with Crippen LogP contribution in [0.15, 0.2) is 22.7 Å². The zero-order valence-corrected chi connectivity index (χ0v) is 12.9. The van der Waals surface area contributed by atoms with Gasteiger partial charge in [0.05, 0.1) is 19.7 Å². The van der Waals surface area contributed by atoms with Crippen molar-refractivity contribution < 1.29 is 14.0 Å². The van der Waals surface area contributed by atoms with E-state index in [0.717, 1.165) is 5.39 Å². The molecule has 0 aliphatic heterocycles. The van der Waals surface area contributed by atoms with Crippen molar-refractivity contribution in [2.45, 2.75) is 6.92 Å². The fourth-order valence-electron chi connectivity index (χ4n) is 2.07. The maximum atomic E-state index is 5.99. The standard InChI is InChI=1S/C14H13ClN4O3/c1-7-4-12(19-22-7)17-13-8-5-10(20-2)11(21-3)6-9(8)16-14(15)18-13/h4-6H,1-3H3,(H,16,17,18,19). The first-order valence-corrected chi connectivity index (χ1v) is 6.78. The third kappa shape index (κ3) is 2.62. The number of aryl methyl sites for hydroxylation is 1. The summed E-state index contributed by atoms with van der Waals surface area (Å²) in [5.41, 5.74) is 0.625. The van der Waals surface area contributed by atoms with Crippen molar-refractivity contribution in [3.05, 3.63) is 29.2 Å². The molecule has 1 N–H and O–H groups in total. The van der Waals surface area contributed by atoms with Crippen molar-refractivity contribution in [1.29, 1.82) is 0 Å². The van der Waals surface area contributed by atoms with Crippen LogP contribution in [0.3, 0.4) is 0 Å². The number of methoxy groups -OCH3 is 2. The molecule has 7 nitrogen and oxygen atoms in total. The van der Waals surface area contributed by atoms with Crippen LogP contribution in [0.1, 0.15) is 5.76 Å². The summed E-state index contributed by atoms with van der Waals surface area (Å²) in [6.07, 6.45) is 0. The number of nitrogens with zero attached hydrogens (tertiary/aromatic N) is 3. The largest absolute Gasteiger partial charge is 0.493 e. The Morgan fingerprint density at radius 1 is 1.09 bits per heavy atom. The van der Waals surface area contributed by atoms with E-state index in [0.29, 0.717) is 34.4 Å². The lowest BCUT2D eigenvalue weighted by Gasteiger charge is -2.11. The SMILES string of the molecule is COc1cc2nc(Cl)nc(Nc3cc(C)on3)c2cc1OC. The fourth-order valence-corrected chi connectivity index (χ4v) is 2.24. The number of hydrogen-bond acceptors (Lipinski definition) is 7. The minimum absolute atomic E-state index is 0.113. The van der Waals surface area contributed by atoms with E-state index in [1.54, 1.807) is 39.3 Å². The Kier molecular flexibility index (Phi) is 3.72. The zero-order chi connectivity index (χ0) is 15.7. The molecule has 3 rings (SSSR count). The van der Waals surface area contributed by atoms with E-state index in [-0.39, 0.29) is 5.28 Å². The van der Waals surface area contributed by atoms with Gasteiger partial charge in [0, 0.05) is 17.5 Å². The minimum Gasteiger partial charge on any atom is -0.493 e. The number of hydrogen-bond donors (Lipinski definition) is 1. The van der Waals surface area contributed by atoms with Gasteiger partial charge in [0.1, 0.15) is 11.6 Å². The molecule has 0 fully saturated rings. The van der Waals surface area contributed by atoms with Crippen LogP contribution in [0.25, 0.3) is 10.9 Å². The van der Waals surface area contributed by atoms with Gasteiger partial charge in [-0.05, 0) is 24.6 Å². The Hall–Kier alpha value is -2.54. The van der Waals surface area contributed by atoms with Crippen molar-refractivity contribution >= 4 is 34.1 Å². The number of nitrogens with one attached hydrogen (secondary N) is 1. The molecule has 0 spiro atoms. The van der Waals surface area contributed by atoms with E-state index in [9.17, 15) is 0 Å². The maximum Gasteiger partial charge on any atom is 0.224 e. The Morgan fingerprint density at radius 2 is 1.82 bits per heavy atom. The summed E-state index contributed by atoms with van der Waals surface area (Å²) in [4.78, 5) is 8.40. The number of fused-ring (bicyclic) bond motifs is 1. The molecule has 0 aliphatic rings. The number of rotatable bonds is 4. The predicted octanol–water partition coefficient (Wildman–Crippen LogP) is 3.34. The fraction of sp³-hybridized carbons (Fsp3) is 0.214. The molecular weight excluding hydrogens is 308 g/mol. The van der Waals surface area contributed by atoms with Gasteiger partial charge in [0.15, 0.2) is 17.3 Å². The van der Waals surface area contributed by atoms with Crippen LogP contribution in [-0.2, 0) is 0 Å². The van der Waals surface area contributed by atoms with Crippen LogP contribution < -0.4 is 14.8 Å². The zero-order valence-electron chi connectivity index (χ0n) is 12.2. The first kappa shape index (κ1) is 14.4. The summed E-state index contributed by atoms with van der Waals surface area (Å²) in [6, 6.07) is 5.27. The van der Waals surface area contributed by atoms with Crippen molar-refractivity contribution in [2.75, 3.05) is 19.5 Å². The van der Waals surface area contributed by atoms with E-state index in [1.165, 1.54) is 0 Å². The van der Waals surface area contributed by atoms with Crippen LogP contribution in [0.4, 0.5) is 11.6 Å². The molecule has 2 aromatic heterocycles. The van der Waals surface area contributed by atoms with Crippen molar-refractivity contribution in [3.63, 3.8) is 0 Å². The van der Waals surface area contributed by atoms with Gasteiger partial charge in [-0.3, -0.25) is 0 Å². The summed E-state index contributed by atoms with van der Waals surface area (Å²) >= 11 is 5.99. The molecule has 0 radical (unpaired) electrons. The lowest BCUT2D eigenvalue weighted by molar-refractivity contribution is 0.356. The van der Waals surface area contributed by atoms with E-state index >= 15 is 0 Å². The first-order chi connectivity index (χ1) is 10.6. The molecule has 3 aromatic rings. The van der Waals surface area contributed by atoms with Gasteiger partial charge in [-0.25, -0.2) is 4.98 Å². The van der Waals surface area contributed by atoms with Crippen molar-refractivity contribution in [3.8, 4) is 11.5 Å². The van der Waals surface area contributed by atoms with Crippen LogP contribution >= 0.6 is 11.6 Å². The highest BCUT2D eigenvalue weighted by Gasteiger charge is 2.13. The first-order valence-electron chi connectivity index (χ1n) is 6.40. The van der Waals surface area contributed by atoms with E-state index in [1.807, 2.05) is 0 Å². The quantitative estimate of drug-likeness (QED) is 0.738. The van der Waals surface area contributed by atoms with Crippen molar-refractivity contribution in [2.24, 2.45) is 0 Å². The van der Waals surface area contributed by atoms with Gasteiger partial charge in [-0.1, -0.05) is 5.16 Å². The summed E-state index contributed by atoms with van der Waals surface area (Å²) in [7, 11) is 3.12. The smallest absolute Gasteiger partial charge is 0.224 e. The van der Waals surface area contributed by atoms with Gasteiger partial charge in [-0.15, -0.1) is 0 Å². The van der Waals surface area contributed by atoms with E-state index < -0.39 is 0 Å². The topological polar surface area (TPSA) is 82.3 Å². The normalized spacial score (nSPS) is 10.7. The molecule has 0 unspecified atom stereocenters. The number of ether oxygens (including phenoxy) is 2. The van der Waals surface area contributed by atoms with Crippen LogP contribution in [0, 0.1) is 6.92 Å². The predicted molar refractivity (Wildman–Crippen MR) is 82.2 cm³/mol. The molecule has 0 saturated heterocycles. The Bertz CT molecular complexity index is 834. The molecule has 8 heteroatoms. The molecule has 0 atom stereocenters. The third-order valence-electron chi connectivity index (χ3n) is 3.05. The Labute approximate surface area is 131 Å². The second-order valence-electron chi connectivity index (χ2n) is 4.51. The summed E-state index contributed by atoms with van der Waals surface area (Å²) in [6.45, 7) is 1.80. The number of benzene rings is 1. The average Bonchev–Trinajstić information content (AvgIpc) is 2.91. The van der Waals surface area contributed by atoms with Crippen LogP contribution in [-0.4, -0.2) is 29.3 Å². The lowest BCUT2D eigenvalue weighted by Crippen LogP contribution is -1.99. The Morgan fingerprint density at radius 3 is 2.45 bits per heavy atom. The molecule has 0 aliphatic carbocycles. The van der Waals surface area contributed by atoms with Gasteiger partial charge >= 0.3 is 0 Å². The molecule has 114 valence electrons. The minimum atomic E-state index is 0.113. The van der Waals surface area contributed by atoms with E-state index in [4.69, 9.17) is 25.6 Å². The highest BCUT2D eigenvalue weighted by atomic mass is 35.5. The summed E-state index contributed by atoms with van der Waals surface area (Å²) < 4.78 is 15.6. The lowest BCUT2D eigenvalue weighted by atomic mass is 10.2. The molecule has 22 heavy (non-hydrogen) atoms. The molecule has 2 heterocycles. The molecule has 0 bridgehead atoms. The number of anilines is 2. The van der Waals surface area contributed by atoms with Crippen molar-refractivity contribution in [1.82, 2.24) is 15.1 Å². The highest BCUT2D eigenvalue weighted by Crippen LogP contribution is 2.35. The number of halogens is 1. The van der Waals surface area contributed by atoms with E-state index in [2.05, 4.69) is 20.4 Å². The van der Waals surface area contributed by atoms with Gasteiger partial charge in [-0.2, -0.15) is 4.98 Å². The highest BCUT2D eigenvalue weighted by molar-refractivity contribution is 6.28. The number of aromatic nitrogens is 3. The molecule has 1 aromatic carbocycles. The molecular formula is C14H13ClN4O3. The second kappa shape index (κ2) is 5.69. The van der Waals surface area contributed by atoms with Crippen LogP contribution in [0.2, 0.25) is 5.28 Å². The molecule has 0 amide bonds. The van der Waals surface area contributed by atoms with Crippen LogP contribution in [0.5, 0.6) is 11.5 Å². The monoisotopic (exact) mass is 320 g/mol. The van der Waals surface area contributed by atoms with Gasteiger partial charge < -0.3 is 19.3 Å². The Balaban J connectivity index is 2.15. The average molecular weight is 321 g/mol. The summed E-state index contributed by atoms with van der Waals surface area (Å²) in [5.74, 6) is 2.85. The van der Waals surface area contributed by atoms with Gasteiger partial charge in [0.2, 0.25) is 5.28 Å².